The minimum atomic E-state index is -1.75. The van der Waals surface area contributed by atoms with Crippen LogP contribution in [0.5, 0.6) is 0 Å². The van der Waals surface area contributed by atoms with E-state index >= 15 is 0 Å². The molecule has 0 bridgehead atoms. The van der Waals surface area contributed by atoms with Gasteiger partial charge in [-0.3, -0.25) is 14.9 Å². The third-order valence-electron chi connectivity index (χ3n) is 4.35. The number of β-amino-alcohol motifs (C(OH)–C–C–N with tert-alkyl or cyclic N) is 1. The number of aliphatic hydroxyl groups is 4. The Balaban J connectivity index is 2.29. The van der Waals surface area contributed by atoms with E-state index < -0.39 is 47.2 Å². The van der Waals surface area contributed by atoms with Crippen molar-refractivity contribution in [1.82, 2.24) is 5.32 Å². The van der Waals surface area contributed by atoms with Crippen molar-refractivity contribution in [2.24, 2.45) is 5.73 Å². The highest BCUT2D eigenvalue weighted by Gasteiger charge is 2.53. The van der Waals surface area contributed by atoms with Crippen LogP contribution in [0.3, 0.4) is 0 Å². The van der Waals surface area contributed by atoms with E-state index in [0.717, 1.165) is 12.1 Å². The quantitative estimate of drug-likeness (QED) is 0.192. The molecule has 0 radical (unpaired) electrons. The number of rotatable bonds is 5. The van der Waals surface area contributed by atoms with Gasteiger partial charge in [0, 0.05) is 24.2 Å². The highest BCUT2D eigenvalue weighted by molar-refractivity contribution is 6.01. The van der Waals surface area contributed by atoms with Crippen LogP contribution in [0.15, 0.2) is 24.3 Å². The van der Waals surface area contributed by atoms with E-state index in [9.17, 15) is 35.3 Å². The highest BCUT2D eigenvalue weighted by Crippen LogP contribution is 2.26. The average Bonchev–Trinajstić information content (AvgIpc) is 2.59. The monoisotopic (exact) mass is 341 g/mol. The van der Waals surface area contributed by atoms with E-state index in [2.05, 4.69) is 5.32 Å². The van der Waals surface area contributed by atoms with Crippen LogP contribution >= 0.6 is 0 Å². The zero-order chi connectivity index (χ0) is 18.1. The summed E-state index contributed by atoms with van der Waals surface area (Å²) in [4.78, 5) is 22.5. The van der Waals surface area contributed by atoms with E-state index in [1.54, 1.807) is 0 Å². The van der Waals surface area contributed by atoms with Crippen molar-refractivity contribution >= 4 is 11.5 Å². The van der Waals surface area contributed by atoms with Gasteiger partial charge in [0.25, 0.3) is 5.69 Å². The molecule has 10 heteroatoms. The predicted octanol–water partition coefficient (Wildman–Crippen LogP) is -2.48. The van der Waals surface area contributed by atoms with Gasteiger partial charge < -0.3 is 31.5 Å². The maximum Gasteiger partial charge on any atom is 0.269 e. The molecule has 1 aliphatic rings. The first-order chi connectivity index (χ1) is 11.2. The zero-order valence-electron chi connectivity index (χ0n) is 12.6. The van der Waals surface area contributed by atoms with Crippen LogP contribution in [0.4, 0.5) is 5.69 Å². The second-order valence-electron chi connectivity index (χ2n) is 5.73. The van der Waals surface area contributed by atoms with Crippen molar-refractivity contribution in [3.05, 3.63) is 39.9 Å². The fourth-order valence-electron chi connectivity index (χ4n) is 2.74. The number of ketones is 1. The van der Waals surface area contributed by atoms with E-state index in [1.807, 2.05) is 0 Å². The van der Waals surface area contributed by atoms with Gasteiger partial charge in [-0.1, -0.05) is 0 Å². The Morgan fingerprint density at radius 2 is 1.96 bits per heavy atom. The van der Waals surface area contributed by atoms with Crippen molar-refractivity contribution in [2.75, 3.05) is 13.2 Å². The standard InChI is InChI=1S/C14H19N3O7/c15-12(10(20)7-1-3-8(4-2-7)17(23)24)14(6-18)13(22)11(21)9(19)5-16-14/h1-4,9,11-13,16,18-19,21-22H,5-6,15H2. The van der Waals surface area contributed by atoms with Gasteiger partial charge >= 0.3 is 0 Å². The molecule has 0 spiro atoms. The maximum atomic E-state index is 12.5. The summed E-state index contributed by atoms with van der Waals surface area (Å²) in [7, 11) is 0. The van der Waals surface area contributed by atoms with Gasteiger partial charge in [-0.25, -0.2) is 0 Å². The number of carbonyl (C=O) groups is 1. The number of hydrogen-bond donors (Lipinski definition) is 6. The number of piperidine rings is 1. The topological polar surface area (TPSA) is 179 Å². The van der Waals surface area contributed by atoms with E-state index in [4.69, 9.17) is 5.73 Å². The fraction of sp³-hybridized carbons (Fsp3) is 0.500. The summed E-state index contributed by atoms with van der Waals surface area (Å²) < 4.78 is 0. The third kappa shape index (κ3) is 3.02. The molecule has 0 aliphatic carbocycles. The Kier molecular flexibility index (Phi) is 5.28. The number of nitrogens with one attached hydrogen (secondary N) is 1. The molecule has 1 saturated heterocycles. The Labute approximate surface area is 136 Å². The first-order valence-electron chi connectivity index (χ1n) is 7.19. The number of hydrogen-bond acceptors (Lipinski definition) is 9. The first-order valence-corrected chi connectivity index (χ1v) is 7.19. The summed E-state index contributed by atoms with van der Waals surface area (Å²) in [6.07, 6.45) is -4.56. The molecule has 10 nitrogen and oxygen atoms in total. The van der Waals surface area contributed by atoms with Crippen LogP contribution in [-0.4, -0.2) is 74.2 Å². The van der Waals surface area contributed by atoms with Gasteiger partial charge in [0.15, 0.2) is 5.78 Å². The summed E-state index contributed by atoms with van der Waals surface area (Å²) >= 11 is 0. The Bertz CT molecular complexity index is 623. The van der Waals surface area contributed by atoms with Gasteiger partial charge in [0.05, 0.1) is 29.2 Å². The zero-order valence-corrected chi connectivity index (χ0v) is 12.6. The van der Waals surface area contributed by atoms with E-state index in [1.165, 1.54) is 12.1 Å². The number of Topliss-reactive ketones (excluding diaryl/α,β-unsaturated/α-hetero) is 1. The Morgan fingerprint density at radius 3 is 2.46 bits per heavy atom. The minimum absolute atomic E-state index is 0.0514. The molecule has 5 atom stereocenters. The lowest BCUT2D eigenvalue weighted by atomic mass is 9.75. The molecule has 5 unspecified atom stereocenters. The van der Waals surface area contributed by atoms with Crippen molar-refractivity contribution in [1.29, 1.82) is 0 Å². The van der Waals surface area contributed by atoms with Crippen LogP contribution in [0.2, 0.25) is 0 Å². The van der Waals surface area contributed by atoms with Crippen LogP contribution in [0.1, 0.15) is 10.4 Å². The lowest BCUT2D eigenvalue weighted by Gasteiger charge is -2.47. The van der Waals surface area contributed by atoms with Crippen molar-refractivity contribution in [3.8, 4) is 0 Å². The molecule has 1 aromatic rings. The second-order valence-corrected chi connectivity index (χ2v) is 5.73. The maximum absolute atomic E-state index is 12.5. The average molecular weight is 341 g/mol. The van der Waals surface area contributed by atoms with E-state index in [-0.39, 0.29) is 17.8 Å². The van der Waals surface area contributed by atoms with E-state index in [0.29, 0.717) is 0 Å². The van der Waals surface area contributed by atoms with Gasteiger partial charge in [0.1, 0.15) is 12.2 Å². The number of carbonyl (C=O) groups excluding carboxylic acids is 1. The van der Waals surface area contributed by atoms with Gasteiger partial charge in [-0.05, 0) is 12.1 Å². The SMILES string of the molecule is NC(C(=O)c1ccc([N+](=O)[O-])cc1)C1(CO)NCC(O)C(O)C1O. The summed E-state index contributed by atoms with van der Waals surface area (Å²) in [5.41, 5.74) is 4.00. The van der Waals surface area contributed by atoms with Crippen LogP contribution in [0.25, 0.3) is 0 Å². The Morgan fingerprint density at radius 1 is 1.38 bits per heavy atom. The van der Waals surface area contributed by atoms with Gasteiger partial charge in [-0.2, -0.15) is 0 Å². The number of non-ortho nitro benzene ring substituents is 1. The van der Waals surface area contributed by atoms with Crippen molar-refractivity contribution in [3.63, 3.8) is 0 Å². The molecule has 24 heavy (non-hydrogen) atoms. The smallest absolute Gasteiger partial charge is 0.269 e. The number of nitrogens with two attached hydrogens (primary N) is 1. The molecule has 1 aliphatic heterocycles. The lowest BCUT2D eigenvalue weighted by molar-refractivity contribution is -0.384. The first kappa shape index (κ1) is 18.4. The van der Waals surface area contributed by atoms with Crippen molar-refractivity contribution < 1.29 is 30.1 Å². The molecular weight excluding hydrogens is 322 g/mol. The molecule has 132 valence electrons. The molecule has 1 aromatic carbocycles. The summed E-state index contributed by atoms with van der Waals surface area (Å²) in [5.74, 6) is -0.686. The molecule has 7 N–H and O–H groups in total. The second kappa shape index (κ2) is 6.89. The number of nitrogens with zero attached hydrogens (tertiary/aromatic N) is 1. The Hall–Kier alpha value is -1.95. The van der Waals surface area contributed by atoms with Crippen molar-refractivity contribution in [2.45, 2.75) is 29.9 Å². The molecule has 0 amide bonds. The number of benzene rings is 1. The molecule has 0 aromatic heterocycles. The molecule has 0 saturated carbocycles. The normalized spacial score (nSPS) is 31.5. The molecule has 1 fully saturated rings. The highest BCUT2D eigenvalue weighted by atomic mass is 16.6. The minimum Gasteiger partial charge on any atom is -0.394 e. The molecule has 2 rings (SSSR count). The number of aliphatic hydroxyl groups excluding tert-OH is 4. The van der Waals surface area contributed by atoms with Gasteiger partial charge in [-0.15, -0.1) is 0 Å². The summed E-state index contributed by atoms with van der Waals surface area (Å²) in [6, 6.07) is 3.24. The fourth-order valence-corrected chi connectivity index (χ4v) is 2.74. The lowest BCUT2D eigenvalue weighted by Crippen LogP contribution is -2.77. The van der Waals surface area contributed by atoms with Crippen LogP contribution in [-0.2, 0) is 0 Å². The largest absolute Gasteiger partial charge is 0.394 e. The molecular formula is C14H19N3O7. The van der Waals surface area contributed by atoms with Gasteiger partial charge in [0.2, 0.25) is 0 Å². The number of nitro groups is 1. The molecule has 1 heterocycles. The predicted molar refractivity (Wildman–Crippen MR) is 81.2 cm³/mol. The third-order valence-corrected chi connectivity index (χ3v) is 4.35. The summed E-state index contributed by atoms with van der Waals surface area (Å²) in [6.45, 7) is -0.947. The van der Waals surface area contributed by atoms with Crippen LogP contribution in [0, 0.1) is 10.1 Å². The number of nitro benzene ring substituents is 1. The van der Waals surface area contributed by atoms with Crippen LogP contribution < -0.4 is 11.1 Å². The summed E-state index contributed by atoms with van der Waals surface area (Å²) in [5, 5.41) is 52.5.